The topological polar surface area (TPSA) is 74.6 Å². The summed E-state index contributed by atoms with van der Waals surface area (Å²) >= 11 is 0. The van der Waals surface area contributed by atoms with Crippen LogP contribution in [0.5, 0.6) is 0 Å². The molecule has 430 valence electrons. The molecule has 6 aromatic carbocycles. The zero-order chi connectivity index (χ0) is 57.0. The predicted molar refractivity (Wildman–Crippen MR) is 342 cm³/mol. The highest BCUT2D eigenvalue weighted by Gasteiger charge is 2.46. The molecule has 6 aromatic rings. The van der Waals surface area contributed by atoms with Crippen LogP contribution in [0.4, 0.5) is 0 Å². The lowest BCUT2D eigenvalue weighted by atomic mass is 9.69. The van der Waals surface area contributed by atoms with Crippen molar-refractivity contribution >= 4 is 11.9 Å². The molecule has 0 amide bonds. The van der Waals surface area contributed by atoms with Gasteiger partial charge in [0.25, 0.3) is 0 Å². The van der Waals surface area contributed by atoms with Crippen molar-refractivity contribution in [3.05, 3.63) is 154 Å². The van der Waals surface area contributed by atoms with Crippen molar-refractivity contribution in [1.29, 1.82) is 0 Å². The third kappa shape index (κ3) is 12.2. The van der Waals surface area contributed by atoms with Gasteiger partial charge in [0.1, 0.15) is 0 Å². The van der Waals surface area contributed by atoms with Gasteiger partial charge in [-0.1, -0.05) is 256 Å². The van der Waals surface area contributed by atoms with Crippen molar-refractivity contribution < 1.29 is 19.8 Å². The van der Waals surface area contributed by atoms with Crippen molar-refractivity contribution in [2.24, 2.45) is 0 Å². The molecule has 9 rings (SSSR count). The zero-order valence-corrected chi connectivity index (χ0v) is 50.8. The molecule has 0 spiro atoms. The molecule has 0 heterocycles. The number of aromatic carboxylic acids is 2. The van der Waals surface area contributed by atoms with Crippen LogP contribution in [0.1, 0.15) is 288 Å². The second-order valence-electron chi connectivity index (χ2n) is 25.3. The van der Waals surface area contributed by atoms with Gasteiger partial charge in [0, 0.05) is 16.2 Å². The second-order valence-corrected chi connectivity index (χ2v) is 25.3. The fraction of sp³-hybridized carbons (Fsp3) is 0.506. The van der Waals surface area contributed by atoms with Crippen molar-refractivity contribution in [1.82, 2.24) is 0 Å². The van der Waals surface area contributed by atoms with Crippen LogP contribution in [0, 0.1) is 0 Å². The summed E-state index contributed by atoms with van der Waals surface area (Å²) in [5.41, 5.74) is 21.3. The molecular weight excluding hydrogens is 989 g/mol. The van der Waals surface area contributed by atoms with Crippen LogP contribution in [0.25, 0.3) is 55.6 Å². The first-order valence-corrected chi connectivity index (χ1v) is 32.9. The van der Waals surface area contributed by atoms with Crippen LogP contribution in [-0.4, -0.2) is 22.2 Å². The van der Waals surface area contributed by atoms with Gasteiger partial charge in [-0.2, -0.15) is 0 Å². The molecule has 0 bridgehead atoms. The van der Waals surface area contributed by atoms with Crippen LogP contribution in [0.3, 0.4) is 0 Å². The lowest BCUT2D eigenvalue weighted by Gasteiger charge is -2.34. The Morgan fingerprint density at radius 1 is 0.272 bits per heavy atom. The summed E-state index contributed by atoms with van der Waals surface area (Å²) in [6.07, 6.45) is 35.1. The molecule has 0 saturated carbocycles. The Bertz CT molecular complexity index is 2880. The summed E-state index contributed by atoms with van der Waals surface area (Å²) in [6, 6.07) is 41.5. The van der Waals surface area contributed by atoms with Crippen molar-refractivity contribution in [2.45, 2.75) is 250 Å². The standard InChI is InChI=1S/C77H98O4/c1-7-13-19-25-43-75(44-26-20-14-8-2)67-49-55(57-33-39-63-65-41-35-59(73(78)79)53-71(65)76(69(63)51-57,45-27-21-15-9-3)46-28-22-16-10-4)31-37-61(67)62-38-32-56(50-68(62)75)58-34-40-64-66-42-36-60(74(80)81)54-72(66)77(70(64)52-58,47-29-23-17-11-5)48-30-24-18-12-6/h31-42,49-54H,7-30,43-48H2,1-6H3,(H,78,79)(H,80,81). The highest BCUT2D eigenvalue weighted by molar-refractivity contribution is 5.94. The summed E-state index contributed by atoms with van der Waals surface area (Å²) < 4.78 is 0. The summed E-state index contributed by atoms with van der Waals surface area (Å²) in [4.78, 5) is 25.3. The molecule has 0 radical (unpaired) electrons. The maximum absolute atomic E-state index is 12.6. The van der Waals surface area contributed by atoms with Gasteiger partial charge in [-0.3, -0.25) is 0 Å². The minimum absolute atomic E-state index is 0.136. The van der Waals surface area contributed by atoms with E-state index >= 15 is 0 Å². The summed E-state index contributed by atoms with van der Waals surface area (Å²) in [6.45, 7) is 13.8. The van der Waals surface area contributed by atoms with E-state index in [0.717, 1.165) is 64.2 Å². The van der Waals surface area contributed by atoms with Crippen molar-refractivity contribution in [3.63, 3.8) is 0 Å². The normalized spacial score (nSPS) is 14.5. The SMILES string of the molecule is CCCCCCC1(CCCCCC)c2cc(C(=O)O)ccc2-c2ccc(-c3ccc4c(c3)C(CCCCCC)(CCCCCC)c3cc(-c5ccc6c(c5)C(CCCCCC)(CCCCCC)c5cc(C(=O)O)ccc5-6)ccc3-4)cc21. The minimum atomic E-state index is -0.848. The number of hydrogen-bond donors (Lipinski definition) is 2. The predicted octanol–water partition coefficient (Wildman–Crippen LogP) is 23.0. The fourth-order valence-corrected chi connectivity index (χ4v) is 15.6. The van der Waals surface area contributed by atoms with E-state index in [1.54, 1.807) is 0 Å². The number of hydrogen-bond acceptors (Lipinski definition) is 2. The van der Waals surface area contributed by atoms with Crippen molar-refractivity contribution in [3.8, 4) is 55.6 Å². The largest absolute Gasteiger partial charge is 0.478 e. The van der Waals surface area contributed by atoms with Crippen molar-refractivity contribution in [2.75, 3.05) is 0 Å². The van der Waals surface area contributed by atoms with E-state index in [2.05, 4.69) is 126 Å². The van der Waals surface area contributed by atoms with E-state index in [4.69, 9.17) is 0 Å². The highest BCUT2D eigenvalue weighted by Crippen LogP contribution is 2.60. The average molecular weight is 1090 g/mol. The van der Waals surface area contributed by atoms with Crippen LogP contribution in [0.2, 0.25) is 0 Å². The number of carbonyl (C=O) groups is 2. The second kappa shape index (κ2) is 27.6. The molecule has 4 nitrogen and oxygen atoms in total. The number of fused-ring (bicyclic) bond motifs is 9. The maximum atomic E-state index is 12.6. The Morgan fingerprint density at radius 3 is 0.667 bits per heavy atom. The number of rotatable bonds is 34. The first kappa shape index (κ1) is 59.9. The highest BCUT2D eigenvalue weighted by atomic mass is 16.4. The van der Waals surface area contributed by atoms with Gasteiger partial charge < -0.3 is 10.2 Å². The lowest BCUT2D eigenvalue weighted by molar-refractivity contribution is 0.0686. The molecule has 3 aliphatic carbocycles. The van der Waals surface area contributed by atoms with Gasteiger partial charge in [0.15, 0.2) is 0 Å². The number of carboxylic acid groups (broad SMARTS) is 2. The zero-order valence-electron chi connectivity index (χ0n) is 50.8. The van der Waals surface area contributed by atoms with E-state index in [9.17, 15) is 19.8 Å². The van der Waals surface area contributed by atoms with Crippen LogP contribution >= 0.6 is 0 Å². The Morgan fingerprint density at radius 2 is 0.469 bits per heavy atom. The van der Waals surface area contributed by atoms with Crippen LogP contribution < -0.4 is 0 Å². The van der Waals surface area contributed by atoms with Gasteiger partial charge in [-0.05, 0) is 176 Å². The number of carboxylic acids is 2. The molecule has 0 aliphatic heterocycles. The maximum Gasteiger partial charge on any atom is 0.335 e. The summed E-state index contributed by atoms with van der Waals surface area (Å²) in [5, 5.41) is 20.8. The quantitative estimate of drug-likeness (QED) is 0.0395. The van der Waals surface area contributed by atoms with Gasteiger partial charge in [0.2, 0.25) is 0 Å². The molecule has 4 heteroatoms. The Labute approximate surface area is 489 Å². The van der Waals surface area contributed by atoms with Crippen LogP contribution in [-0.2, 0) is 16.2 Å². The van der Waals surface area contributed by atoms with E-state index in [1.807, 2.05) is 24.3 Å². The Kier molecular flexibility index (Phi) is 20.4. The van der Waals surface area contributed by atoms with E-state index in [-0.39, 0.29) is 16.2 Å². The third-order valence-corrected chi connectivity index (χ3v) is 20.0. The first-order valence-electron chi connectivity index (χ1n) is 32.9. The Balaban J connectivity index is 1.17. The molecular formula is C77H98O4. The first-order chi connectivity index (χ1) is 39.5. The molecule has 3 aliphatic rings. The smallest absolute Gasteiger partial charge is 0.335 e. The molecule has 0 saturated heterocycles. The number of benzene rings is 6. The van der Waals surface area contributed by atoms with Gasteiger partial charge in [-0.25, -0.2) is 9.59 Å². The van der Waals surface area contributed by atoms with Crippen LogP contribution in [0.15, 0.2) is 109 Å². The fourth-order valence-electron chi connectivity index (χ4n) is 15.6. The third-order valence-electron chi connectivity index (χ3n) is 20.0. The summed E-state index contributed by atoms with van der Waals surface area (Å²) in [7, 11) is 0. The average Bonchev–Trinajstić information content (AvgIpc) is 2.45. The molecule has 0 unspecified atom stereocenters. The molecule has 2 N–H and O–H groups in total. The van der Waals surface area contributed by atoms with Gasteiger partial charge in [-0.15, -0.1) is 0 Å². The lowest BCUT2D eigenvalue weighted by Crippen LogP contribution is -2.26. The Hall–Kier alpha value is -5.74. The minimum Gasteiger partial charge on any atom is -0.478 e. The van der Waals surface area contributed by atoms with E-state index in [0.29, 0.717) is 11.1 Å². The molecule has 81 heavy (non-hydrogen) atoms. The van der Waals surface area contributed by atoms with E-state index < -0.39 is 11.9 Å². The number of unbranched alkanes of at least 4 members (excludes halogenated alkanes) is 18. The molecule has 0 fully saturated rings. The van der Waals surface area contributed by atoms with Gasteiger partial charge in [0.05, 0.1) is 11.1 Å². The monoisotopic (exact) mass is 1090 g/mol. The van der Waals surface area contributed by atoms with E-state index in [1.165, 1.54) is 217 Å². The van der Waals surface area contributed by atoms with Gasteiger partial charge >= 0.3 is 11.9 Å². The molecule has 0 atom stereocenters. The summed E-state index contributed by atoms with van der Waals surface area (Å²) in [5.74, 6) is -1.70. The molecule has 0 aromatic heterocycles.